The zero-order chi connectivity index (χ0) is 14.1. The summed E-state index contributed by atoms with van der Waals surface area (Å²) >= 11 is 12.5. The van der Waals surface area contributed by atoms with Crippen molar-refractivity contribution >= 4 is 34.8 Å². The van der Waals surface area contributed by atoms with Gasteiger partial charge in [0.25, 0.3) is 0 Å². The quantitative estimate of drug-likeness (QED) is 0.858. The van der Waals surface area contributed by atoms with Crippen LogP contribution in [0.25, 0.3) is 0 Å². The largest absolute Gasteiger partial charge is 0.365 e. The van der Waals surface area contributed by atoms with Gasteiger partial charge in [0.05, 0.1) is 15.7 Å². The van der Waals surface area contributed by atoms with E-state index in [9.17, 15) is 4.79 Å². The van der Waals surface area contributed by atoms with Crippen LogP contribution in [0.1, 0.15) is 32.1 Å². The lowest BCUT2D eigenvalue weighted by Crippen LogP contribution is -2.54. The Bertz CT molecular complexity index is 521. The molecule has 2 aliphatic rings. The topological polar surface area (TPSA) is 32.3 Å². The molecule has 3 rings (SSSR count). The molecule has 0 radical (unpaired) electrons. The lowest BCUT2D eigenvalue weighted by Gasteiger charge is -2.42. The first-order chi connectivity index (χ1) is 9.66. The van der Waals surface area contributed by atoms with Crippen LogP contribution in [0.3, 0.4) is 0 Å². The number of rotatable bonds is 1. The zero-order valence-corrected chi connectivity index (χ0v) is 12.8. The fourth-order valence-electron chi connectivity index (χ4n) is 3.35. The second-order valence-electron chi connectivity index (χ2n) is 5.54. The Morgan fingerprint density at radius 3 is 2.90 bits per heavy atom. The number of carbonyl (C=O) groups excluding carboxylic acids is 1. The molecule has 1 aromatic carbocycles. The summed E-state index contributed by atoms with van der Waals surface area (Å²) in [5.74, 6) is 0.177. The predicted molar refractivity (Wildman–Crippen MR) is 82.6 cm³/mol. The van der Waals surface area contributed by atoms with Crippen molar-refractivity contribution in [3.8, 4) is 0 Å². The number of amides is 1. The van der Waals surface area contributed by atoms with Gasteiger partial charge in [-0.2, -0.15) is 0 Å². The number of anilines is 1. The van der Waals surface area contributed by atoms with Gasteiger partial charge in [-0.1, -0.05) is 29.3 Å². The number of hydrogen-bond acceptors (Lipinski definition) is 2. The molecule has 2 heterocycles. The second-order valence-corrected chi connectivity index (χ2v) is 6.33. The van der Waals surface area contributed by atoms with Gasteiger partial charge in [-0.25, -0.2) is 0 Å². The highest BCUT2D eigenvalue weighted by atomic mass is 35.5. The van der Waals surface area contributed by atoms with E-state index in [0.29, 0.717) is 22.5 Å². The molecule has 0 unspecified atom stereocenters. The van der Waals surface area contributed by atoms with Gasteiger partial charge in [-0.3, -0.25) is 4.79 Å². The van der Waals surface area contributed by atoms with Gasteiger partial charge in [-0.15, -0.1) is 0 Å². The van der Waals surface area contributed by atoms with Gasteiger partial charge >= 0.3 is 0 Å². The van der Waals surface area contributed by atoms with Crippen molar-refractivity contribution in [1.82, 2.24) is 5.32 Å². The van der Waals surface area contributed by atoms with Crippen molar-refractivity contribution in [3.63, 3.8) is 0 Å². The summed E-state index contributed by atoms with van der Waals surface area (Å²) in [5.41, 5.74) is 0.991. The maximum Gasteiger partial charge on any atom is 0.220 e. The second kappa shape index (κ2) is 5.82. The molecule has 0 spiro atoms. The molecule has 1 amide bonds. The lowest BCUT2D eigenvalue weighted by molar-refractivity contribution is -0.121. The molecular formula is C15H18Cl2N2O. The van der Waals surface area contributed by atoms with E-state index >= 15 is 0 Å². The molecule has 108 valence electrons. The maximum atomic E-state index is 11.7. The molecule has 0 bridgehead atoms. The van der Waals surface area contributed by atoms with Crippen molar-refractivity contribution in [2.75, 3.05) is 11.4 Å². The maximum absolute atomic E-state index is 11.7. The number of fused-ring (bicyclic) bond motifs is 1. The van der Waals surface area contributed by atoms with Gasteiger partial charge in [-0.05, 0) is 37.8 Å². The van der Waals surface area contributed by atoms with Crippen molar-refractivity contribution in [2.45, 2.75) is 44.2 Å². The van der Waals surface area contributed by atoms with Crippen LogP contribution in [0.4, 0.5) is 5.69 Å². The summed E-state index contributed by atoms with van der Waals surface area (Å²) in [6, 6.07) is 6.31. The number of halogens is 2. The minimum atomic E-state index is 0.177. The Morgan fingerprint density at radius 1 is 1.20 bits per heavy atom. The molecular weight excluding hydrogens is 295 g/mol. The Balaban J connectivity index is 1.92. The summed E-state index contributed by atoms with van der Waals surface area (Å²) in [7, 11) is 0. The van der Waals surface area contributed by atoms with E-state index in [1.54, 1.807) is 0 Å². The van der Waals surface area contributed by atoms with Crippen LogP contribution in [-0.4, -0.2) is 24.5 Å². The molecule has 2 aliphatic heterocycles. The van der Waals surface area contributed by atoms with E-state index in [-0.39, 0.29) is 11.9 Å². The van der Waals surface area contributed by atoms with Gasteiger partial charge in [0.15, 0.2) is 0 Å². The van der Waals surface area contributed by atoms with Crippen molar-refractivity contribution in [2.24, 2.45) is 0 Å². The van der Waals surface area contributed by atoms with E-state index in [1.165, 1.54) is 0 Å². The van der Waals surface area contributed by atoms with Crippen molar-refractivity contribution < 1.29 is 4.79 Å². The number of hydrogen-bond donors (Lipinski definition) is 1. The number of benzene rings is 1. The van der Waals surface area contributed by atoms with E-state index in [0.717, 1.165) is 37.9 Å². The van der Waals surface area contributed by atoms with Crippen LogP contribution >= 0.6 is 23.2 Å². The molecule has 0 aliphatic carbocycles. The van der Waals surface area contributed by atoms with E-state index < -0.39 is 0 Å². The third kappa shape index (κ3) is 2.61. The molecule has 0 aromatic heterocycles. The molecule has 3 nitrogen and oxygen atoms in total. The highest BCUT2D eigenvalue weighted by Crippen LogP contribution is 2.37. The molecule has 2 atom stereocenters. The number of piperidine rings is 1. The van der Waals surface area contributed by atoms with Gasteiger partial charge in [0, 0.05) is 25.0 Å². The van der Waals surface area contributed by atoms with Crippen LogP contribution in [0.5, 0.6) is 0 Å². The van der Waals surface area contributed by atoms with Crippen LogP contribution in [0.15, 0.2) is 18.2 Å². The molecule has 1 aromatic rings. The zero-order valence-electron chi connectivity index (χ0n) is 11.2. The van der Waals surface area contributed by atoms with E-state index in [1.807, 2.05) is 18.2 Å². The number of carbonyl (C=O) groups is 1. The summed E-state index contributed by atoms with van der Waals surface area (Å²) in [4.78, 5) is 14.1. The standard InChI is InChI=1S/C15H18Cl2N2O/c16-10-4-1-7-13(15(10)17)19-9-3-5-11-12(19)6-2-8-14(20)18-11/h1,4,7,11-12H,2-3,5-6,8-9H2,(H,18,20)/t11-,12+/m0/s1. The fourth-order valence-corrected chi connectivity index (χ4v) is 3.75. The molecule has 2 saturated heterocycles. The Labute approximate surface area is 129 Å². The first kappa shape index (κ1) is 14.0. The average Bonchev–Trinajstić information content (AvgIpc) is 2.62. The van der Waals surface area contributed by atoms with Gasteiger partial charge < -0.3 is 10.2 Å². The van der Waals surface area contributed by atoms with Gasteiger partial charge in [0.2, 0.25) is 5.91 Å². The normalized spacial score (nSPS) is 26.7. The molecule has 1 N–H and O–H groups in total. The van der Waals surface area contributed by atoms with Crippen LogP contribution in [0, 0.1) is 0 Å². The summed E-state index contributed by atoms with van der Waals surface area (Å²) in [6.45, 7) is 0.969. The molecule has 5 heteroatoms. The van der Waals surface area contributed by atoms with Crippen LogP contribution < -0.4 is 10.2 Å². The minimum absolute atomic E-state index is 0.177. The monoisotopic (exact) mass is 312 g/mol. The van der Waals surface area contributed by atoms with Gasteiger partial charge in [0.1, 0.15) is 0 Å². The molecule has 20 heavy (non-hydrogen) atoms. The summed E-state index contributed by atoms with van der Waals surface area (Å²) in [5, 5.41) is 4.36. The highest BCUT2D eigenvalue weighted by molar-refractivity contribution is 6.43. The van der Waals surface area contributed by atoms with Crippen LogP contribution in [-0.2, 0) is 4.79 Å². The third-order valence-corrected chi connectivity index (χ3v) is 5.08. The van der Waals surface area contributed by atoms with Crippen molar-refractivity contribution in [1.29, 1.82) is 0 Å². The first-order valence-corrected chi connectivity index (χ1v) is 7.92. The Kier molecular flexibility index (Phi) is 4.08. The predicted octanol–water partition coefficient (Wildman–Crippen LogP) is 3.63. The summed E-state index contributed by atoms with van der Waals surface area (Å²) < 4.78 is 0. The number of nitrogens with zero attached hydrogens (tertiary/aromatic N) is 1. The van der Waals surface area contributed by atoms with Crippen molar-refractivity contribution in [3.05, 3.63) is 28.2 Å². The van der Waals surface area contributed by atoms with E-state index in [4.69, 9.17) is 23.2 Å². The van der Waals surface area contributed by atoms with Crippen LogP contribution in [0.2, 0.25) is 10.0 Å². The fraction of sp³-hybridized carbons (Fsp3) is 0.533. The highest BCUT2D eigenvalue weighted by Gasteiger charge is 2.35. The smallest absolute Gasteiger partial charge is 0.220 e. The SMILES string of the molecule is O=C1CCC[C@@H]2[C@H](CCCN2c2cccc(Cl)c2Cl)N1. The minimum Gasteiger partial charge on any atom is -0.365 e. The first-order valence-electron chi connectivity index (χ1n) is 7.17. The number of nitrogens with one attached hydrogen (secondary N) is 1. The third-order valence-electron chi connectivity index (χ3n) is 4.27. The van der Waals surface area contributed by atoms with E-state index in [2.05, 4.69) is 10.2 Å². The Morgan fingerprint density at radius 2 is 2.05 bits per heavy atom. The lowest BCUT2D eigenvalue weighted by atomic mass is 9.93. The summed E-state index contributed by atoms with van der Waals surface area (Å²) in [6.07, 6.45) is 4.69. The molecule has 0 saturated carbocycles. The molecule has 2 fully saturated rings. The average molecular weight is 313 g/mol. The Hall–Kier alpha value is -0.930.